The summed E-state index contributed by atoms with van der Waals surface area (Å²) in [5, 5.41) is 3.37. The molecular formula is C16H25F2NO. The van der Waals surface area contributed by atoms with Crippen LogP contribution in [0.3, 0.4) is 0 Å². The van der Waals surface area contributed by atoms with Crippen molar-refractivity contribution in [3.8, 4) is 0 Å². The van der Waals surface area contributed by atoms with E-state index in [4.69, 9.17) is 4.74 Å². The Kier molecular flexibility index (Phi) is 7.10. The SMILES string of the molecule is CCNC(Cc1cc(F)cc(F)c1)C(OCC)C(C)C. The molecule has 0 saturated heterocycles. The number of likely N-dealkylation sites (N-methyl/N-ethyl adjacent to an activating group) is 1. The lowest BCUT2D eigenvalue weighted by molar-refractivity contribution is 0.00393. The van der Waals surface area contributed by atoms with Crippen LogP contribution in [0.1, 0.15) is 33.3 Å². The number of rotatable bonds is 8. The molecule has 0 aliphatic rings. The van der Waals surface area contributed by atoms with Gasteiger partial charge in [-0.05, 0) is 43.5 Å². The average Bonchev–Trinajstić information content (AvgIpc) is 2.34. The van der Waals surface area contributed by atoms with Crippen LogP contribution in [0, 0.1) is 17.6 Å². The predicted octanol–water partition coefficient (Wildman–Crippen LogP) is 3.55. The van der Waals surface area contributed by atoms with Crippen LogP contribution in [0.25, 0.3) is 0 Å². The fraction of sp³-hybridized carbons (Fsp3) is 0.625. The number of benzene rings is 1. The van der Waals surface area contributed by atoms with Crippen LogP contribution in [0.15, 0.2) is 18.2 Å². The van der Waals surface area contributed by atoms with Crippen molar-refractivity contribution in [2.45, 2.75) is 46.3 Å². The van der Waals surface area contributed by atoms with Crippen LogP contribution in [0.5, 0.6) is 0 Å². The van der Waals surface area contributed by atoms with E-state index in [1.54, 1.807) is 0 Å². The van der Waals surface area contributed by atoms with Crippen molar-refractivity contribution in [3.05, 3.63) is 35.4 Å². The van der Waals surface area contributed by atoms with E-state index in [0.29, 0.717) is 24.5 Å². The standard InChI is InChI=1S/C16H25F2NO/c1-5-19-15(16(11(3)4)20-6-2)9-12-7-13(17)10-14(18)8-12/h7-8,10-11,15-16,19H,5-6,9H2,1-4H3. The molecule has 1 aromatic carbocycles. The van der Waals surface area contributed by atoms with E-state index < -0.39 is 11.6 Å². The van der Waals surface area contributed by atoms with Crippen molar-refractivity contribution in [1.29, 1.82) is 0 Å². The first kappa shape index (κ1) is 17.1. The van der Waals surface area contributed by atoms with Gasteiger partial charge in [-0.15, -0.1) is 0 Å². The van der Waals surface area contributed by atoms with Gasteiger partial charge in [-0.2, -0.15) is 0 Å². The molecule has 0 amide bonds. The zero-order chi connectivity index (χ0) is 15.1. The summed E-state index contributed by atoms with van der Waals surface area (Å²) >= 11 is 0. The third-order valence-corrected chi connectivity index (χ3v) is 3.26. The number of hydrogen-bond donors (Lipinski definition) is 1. The van der Waals surface area contributed by atoms with E-state index in [0.717, 1.165) is 12.6 Å². The van der Waals surface area contributed by atoms with Gasteiger partial charge in [0.1, 0.15) is 11.6 Å². The van der Waals surface area contributed by atoms with Crippen molar-refractivity contribution < 1.29 is 13.5 Å². The first-order valence-corrected chi connectivity index (χ1v) is 7.27. The topological polar surface area (TPSA) is 21.3 Å². The van der Waals surface area contributed by atoms with Crippen molar-refractivity contribution in [2.75, 3.05) is 13.2 Å². The van der Waals surface area contributed by atoms with E-state index in [1.165, 1.54) is 12.1 Å². The van der Waals surface area contributed by atoms with Crippen LogP contribution in [-0.2, 0) is 11.2 Å². The predicted molar refractivity (Wildman–Crippen MR) is 77.8 cm³/mol. The molecule has 0 radical (unpaired) electrons. The molecule has 0 saturated carbocycles. The molecule has 20 heavy (non-hydrogen) atoms. The zero-order valence-electron chi connectivity index (χ0n) is 12.7. The Morgan fingerprint density at radius 2 is 1.70 bits per heavy atom. The molecule has 1 rings (SSSR count). The van der Waals surface area contributed by atoms with E-state index in [2.05, 4.69) is 19.2 Å². The lowest BCUT2D eigenvalue weighted by Gasteiger charge is -2.31. The van der Waals surface area contributed by atoms with Crippen LogP contribution in [0.2, 0.25) is 0 Å². The number of ether oxygens (including phenoxy) is 1. The third-order valence-electron chi connectivity index (χ3n) is 3.26. The van der Waals surface area contributed by atoms with Gasteiger partial charge >= 0.3 is 0 Å². The lowest BCUT2D eigenvalue weighted by Crippen LogP contribution is -2.45. The zero-order valence-corrected chi connectivity index (χ0v) is 12.7. The largest absolute Gasteiger partial charge is 0.377 e. The number of hydrogen-bond acceptors (Lipinski definition) is 2. The highest BCUT2D eigenvalue weighted by Crippen LogP contribution is 2.17. The summed E-state index contributed by atoms with van der Waals surface area (Å²) < 4.78 is 32.4. The molecule has 0 aromatic heterocycles. The second kappa shape index (κ2) is 8.32. The quantitative estimate of drug-likeness (QED) is 0.788. The van der Waals surface area contributed by atoms with Crippen molar-refractivity contribution in [2.24, 2.45) is 5.92 Å². The Morgan fingerprint density at radius 3 is 2.15 bits per heavy atom. The molecule has 0 spiro atoms. The van der Waals surface area contributed by atoms with E-state index in [1.807, 2.05) is 13.8 Å². The monoisotopic (exact) mass is 285 g/mol. The van der Waals surface area contributed by atoms with Gasteiger partial charge < -0.3 is 10.1 Å². The maximum atomic E-state index is 13.3. The van der Waals surface area contributed by atoms with Gasteiger partial charge in [-0.25, -0.2) is 8.78 Å². The highest BCUT2D eigenvalue weighted by molar-refractivity contribution is 5.19. The minimum atomic E-state index is -0.534. The molecule has 0 aliphatic carbocycles. The van der Waals surface area contributed by atoms with Gasteiger partial charge in [0.05, 0.1) is 6.10 Å². The Hall–Kier alpha value is -1.00. The molecule has 0 bridgehead atoms. The van der Waals surface area contributed by atoms with Gasteiger partial charge in [0.15, 0.2) is 0 Å². The van der Waals surface area contributed by atoms with Crippen molar-refractivity contribution >= 4 is 0 Å². The molecule has 114 valence electrons. The summed E-state index contributed by atoms with van der Waals surface area (Å²) in [7, 11) is 0. The number of halogens is 2. The highest BCUT2D eigenvalue weighted by Gasteiger charge is 2.24. The summed E-state index contributed by atoms with van der Waals surface area (Å²) in [5.41, 5.74) is 0.652. The minimum Gasteiger partial charge on any atom is -0.377 e. The molecule has 2 nitrogen and oxygen atoms in total. The molecule has 0 heterocycles. The molecule has 4 heteroatoms. The molecule has 0 aliphatic heterocycles. The van der Waals surface area contributed by atoms with Crippen molar-refractivity contribution in [1.82, 2.24) is 5.32 Å². The highest BCUT2D eigenvalue weighted by atomic mass is 19.1. The van der Waals surface area contributed by atoms with Crippen LogP contribution in [-0.4, -0.2) is 25.3 Å². The van der Waals surface area contributed by atoms with E-state index in [-0.39, 0.29) is 12.1 Å². The molecule has 0 fully saturated rings. The van der Waals surface area contributed by atoms with Gasteiger partial charge in [0, 0.05) is 18.7 Å². The Labute approximate surface area is 120 Å². The molecule has 1 N–H and O–H groups in total. The maximum Gasteiger partial charge on any atom is 0.126 e. The first-order chi connectivity index (χ1) is 9.47. The molecule has 2 atom stereocenters. The summed E-state index contributed by atoms with van der Waals surface area (Å²) in [6.45, 7) is 9.58. The van der Waals surface area contributed by atoms with Gasteiger partial charge in [0.2, 0.25) is 0 Å². The minimum absolute atomic E-state index is 0.0197. The van der Waals surface area contributed by atoms with Gasteiger partial charge in [-0.1, -0.05) is 20.8 Å². The normalized spacial score (nSPS) is 14.6. The summed E-state index contributed by atoms with van der Waals surface area (Å²) in [5.74, 6) is -0.738. The van der Waals surface area contributed by atoms with Crippen LogP contribution >= 0.6 is 0 Å². The van der Waals surface area contributed by atoms with Gasteiger partial charge in [0.25, 0.3) is 0 Å². The smallest absolute Gasteiger partial charge is 0.126 e. The van der Waals surface area contributed by atoms with Crippen molar-refractivity contribution in [3.63, 3.8) is 0 Å². The second-order valence-corrected chi connectivity index (χ2v) is 5.31. The fourth-order valence-corrected chi connectivity index (χ4v) is 2.52. The van der Waals surface area contributed by atoms with E-state index >= 15 is 0 Å². The summed E-state index contributed by atoms with van der Waals surface area (Å²) in [6, 6.07) is 3.71. The lowest BCUT2D eigenvalue weighted by atomic mass is 9.93. The Bertz CT molecular complexity index is 389. The number of nitrogens with one attached hydrogen (secondary N) is 1. The molecular weight excluding hydrogens is 260 g/mol. The molecule has 1 aromatic rings. The second-order valence-electron chi connectivity index (χ2n) is 5.31. The average molecular weight is 285 g/mol. The maximum absolute atomic E-state index is 13.3. The fourth-order valence-electron chi connectivity index (χ4n) is 2.52. The van der Waals surface area contributed by atoms with E-state index in [9.17, 15) is 8.78 Å². The Balaban J connectivity index is 2.89. The third kappa shape index (κ3) is 5.17. The van der Waals surface area contributed by atoms with Gasteiger partial charge in [-0.3, -0.25) is 0 Å². The first-order valence-electron chi connectivity index (χ1n) is 7.27. The van der Waals surface area contributed by atoms with Crippen LogP contribution < -0.4 is 5.32 Å². The van der Waals surface area contributed by atoms with Crippen LogP contribution in [0.4, 0.5) is 8.78 Å². The Morgan fingerprint density at radius 1 is 1.10 bits per heavy atom. The summed E-state index contributed by atoms with van der Waals surface area (Å²) in [6.07, 6.45) is 0.567. The molecule has 2 unspecified atom stereocenters. The summed E-state index contributed by atoms with van der Waals surface area (Å²) in [4.78, 5) is 0.